The summed E-state index contributed by atoms with van der Waals surface area (Å²) >= 11 is 6.16. The van der Waals surface area contributed by atoms with Crippen molar-refractivity contribution in [1.29, 1.82) is 0 Å². The maximum absolute atomic E-state index is 12.9. The predicted molar refractivity (Wildman–Crippen MR) is 139 cm³/mol. The van der Waals surface area contributed by atoms with Gasteiger partial charge in [0.1, 0.15) is 0 Å². The smallest absolute Gasteiger partial charge is 0.231 e. The molecule has 0 radical (unpaired) electrons. The van der Waals surface area contributed by atoms with Gasteiger partial charge >= 0.3 is 0 Å². The minimum Gasteiger partial charge on any atom is -0.454 e. The lowest BCUT2D eigenvalue weighted by Crippen LogP contribution is -2.38. The van der Waals surface area contributed by atoms with Crippen LogP contribution < -0.4 is 24.3 Å². The van der Waals surface area contributed by atoms with E-state index < -0.39 is 6.17 Å². The normalized spacial score (nSPS) is 19.0. The molecule has 3 aromatic rings. The molecule has 0 amide bonds. The number of benzene rings is 3. The fraction of sp³-hybridized carbons (Fsp3) is 0.259. The number of hydrogen-bond acceptors (Lipinski definition) is 8. The SMILES string of the molecule is CC(=O)C1=NN(c2ccc(Cl)cc2)[C@H](c2ccc3c(c2)OCO3)N1c1ccc(N2CCOCC2)cc1. The zero-order valence-corrected chi connectivity index (χ0v) is 20.5. The zero-order chi connectivity index (χ0) is 24.6. The topological polar surface area (TPSA) is 66.8 Å². The Bertz CT molecular complexity index is 1310. The van der Waals surface area contributed by atoms with E-state index in [2.05, 4.69) is 17.0 Å². The molecule has 36 heavy (non-hydrogen) atoms. The van der Waals surface area contributed by atoms with Crippen molar-refractivity contribution < 1.29 is 19.0 Å². The second-order valence-corrected chi connectivity index (χ2v) is 9.21. The summed E-state index contributed by atoms with van der Waals surface area (Å²) in [6.45, 7) is 4.87. The molecular formula is C27H25ClN4O4. The quantitative estimate of drug-likeness (QED) is 0.493. The summed E-state index contributed by atoms with van der Waals surface area (Å²) in [6, 6.07) is 21.5. The Kier molecular flexibility index (Phi) is 5.91. The van der Waals surface area contributed by atoms with E-state index in [9.17, 15) is 4.79 Å². The van der Waals surface area contributed by atoms with Gasteiger partial charge in [-0.1, -0.05) is 17.7 Å². The molecule has 3 aliphatic heterocycles. The number of halogens is 1. The van der Waals surface area contributed by atoms with Crippen molar-refractivity contribution in [3.8, 4) is 11.5 Å². The van der Waals surface area contributed by atoms with Crippen molar-refractivity contribution in [1.82, 2.24) is 0 Å². The van der Waals surface area contributed by atoms with Crippen LogP contribution in [0.15, 0.2) is 71.8 Å². The molecule has 0 bridgehead atoms. The molecule has 0 aromatic heterocycles. The van der Waals surface area contributed by atoms with E-state index in [0.717, 1.165) is 48.9 Å². The molecule has 1 atom stereocenters. The van der Waals surface area contributed by atoms with Gasteiger partial charge in [0.25, 0.3) is 0 Å². The predicted octanol–water partition coefficient (Wildman–Crippen LogP) is 4.83. The minimum atomic E-state index is -0.422. The number of hydrazone groups is 1. The van der Waals surface area contributed by atoms with Crippen molar-refractivity contribution in [2.45, 2.75) is 13.1 Å². The number of amidine groups is 1. The highest BCUT2D eigenvalue weighted by Crippen LogP contribution is 2.43. The lowest BCUT2D eigenvalue weighted by Gasteiger charge is -2.33. The van der Waals surface area contributed by atoms with E-state index in [4.69, 9.17) is 30.9 Å². The molecule has 0 aliphatic carbocycles. The van der Waals surface area contributed by atoms with Gasteiger partial charge < -0.3 is 19.1 Å². The maximum Gasteiger partial charge on any atom is 0.231 e. The number of nitrogens with zero attached hydrogens (tertiary/aromatic N) is 4. The van der Waals surface area contributed by atoms with Crippen LogP contribution in [-0.2, 0) is 9.53 Å². The average Bonchev–Trinajstić information content (AvgIpc) is 3.54. The van der Waals surface area contributed by atoms with Crippen LogP contribution in [0.3, 0.4) is 0 Å². The third-order valence-electron chi connectivity index (χ3n) is 6.51. The summed E-state index contributed by atoms with van der Waals surface area (Å²) in [6.07, 6.45) is -0.422. The van der Waals surface area contributed by atoms with Crippen molar-refractivity contribution in [3.63, 3.8) is 0 Å². The number of carbonyl (C=O) groups excluding carboxylic acids is 1. The first-order valence-corrected chi connectivity index (χ1v) is 12.2. The van der Waals surface area contributed by atoms with Crippen LogP contribution in [0.2, 0.25) is 5.02 Å². The molecule has 0 unspecified atom stereocenters. The first-order chi connectivity index (χ1) is 17.6. The molecular weight excluding hydrogens is 480 g/mol. The van der Waals surface area contributed by atoms with Crippen molar-refractivity contribution in [3.05, 3.63) is 77.3 Å². The van der Waals surface area contributed by atoms with Gasteiger partial charge in [-0.15, -0.1) is 5.10 Å². The molecule has 0 N–H and O–H groups in total. The molecule has 0 saturated carbocycles. The van der Waals surface area contributed by atoms with Gasteiger partial charge in [0.05, 0.1) is 18.9 Å². The number of morpholine rings is 1. The molecule has 3 heterocycles. The summed E-state index contributed by atoms with van der Waals surface area (Å²) in [5.74, 6) is 1.59. The highest BCUT2D eigenvalue weighted by molar-refractivity contribution is 6.44. The van der Waals surface area contributed by atoms with Gasteiger partial charge in [-0.3, -0.25) is 9.69 Å². The number of ketones is 1. The molecule has 3 aliphatic rings. The van der Waals surface area contributed by atoms with E-state index in [1.54, 1.807) is 0 Å². The van der Waals surface area contributed by atoms with E-state index in [-0.39, 0.29) is 12.6 Å². The zero-order valence-electron chi connectivity index (χ0n) is 19.8. The minimum absolute atomic E-state index is 0.130. The van der Waals surface area contributed by atoms with Crippen molar-refractivity contribution >= 4 is 40.3 Å². The van der Waals surface area contributed by atoms with E-state index >= 15 is 0 Å². The van der Waals surface area contributed by atoms with Crippen LogP contribution in [0.4, 0.5) is 17.1 Å². The fourth-order valence-corrected chi connectivity index (χ4v) is 4.86. The fourth-order valence-electron chi connectivity index (χ4n) is 4.74. The van der Waals surface area contributed by atoms with Gasteiger partial charge in [-0.05, 0) is 60.7 Å². The summed E-state index contributed by atoms with van der Waals surface area (Å²) in [5, 5.41) is 7.27. The Morgan fingerprint density at radius 1 is 0.889 bits per heavy atom. The van der Waals surface area contributed by atoms with Gasteiger partial charge in [0.15, 0.2) is 29.3 Å². The Hall–Kier alpha value is -3.75. The third kappa shape index (κ3) is 4.12. The molecule has 0 spiro atoms. The number of carbonyl (C=O) groups is 1. The summed E-state index contributed by atoms with van der Waals surface area (Å²) in [5.41, 5.74) is 3.71. The highest BCUT2D eigenvalue weighted by Gasteiger charge is 2.40. The molecule has 1 saturated heterocycles. The van der Waals surface area contributed by atoms with E-state index in [1.165, 1.54) is 6.92 Å². The largest absolute Gasteiger partial charge is 0.454 e. The third-order valence-corrected chi connectivity index (χ3v) is 6.76. The number of ether oxygens (including phenoxy) is 3. The van der Waals surface area contributed by atoms with Crippen LogP contribution in [0.5, 0.6) is 11.5 Å². The number of rotatable bonds is 5. The summed E-state index contributed by atoms with van der Waals surface area (Å²) in [7, 11) is 0. The maximum atomic E-state index is 12.9. The Labute approximate surface area is 214 Å². The van der Waals surface area contributed by atoms with Crippen LogP contribution >= 0.6 is 11.6 Å². The lowest BCUT2D eigenvalue weighted by atomic mass is 10.1. The van der Waals surface area contributed by atoms with Gasteiger partial charge in [-0.2, -0.15) is 0 Å². The highest BCUT2D eigenvalue weighted by atomic mass is 35.5. The monoisotopic (exact) mass is 504 g/mol. The van der Waals surface area contributed by atoms with Crippen LogP contribution in [-0.4, -0.2) is 44.7 Å². The van der Waals surface area contributed by atoms with Crippen LogP contribution in [0.25, 0.3) is 0 Å². The standard InChI is InChI=1S/C27H25ClN4O4/c1-18(33)26-29-32(23-5-3-20(28)4-6-23)27(19-2-11-24-25(16-19)36-17-35-24)31(26)22-9-7-21(8-10-22)30-12-14-34-15-13-30/h2-11,16,27H,12-15,17H2,1H3/t27-/m1/s1. The average molecular weight is 505 g/mol. The van der Waals surface area contributed by atoms with Crippen molar-refractivity contribution in [2.75, 3.05) is 47.9 Å². The number of fused-ring (bicyclic) bond motifs is 1. The second-order valence-electron chi connectivity index (χ2n) is 8.77. The van der Waals surface area contributed by atoms with Crippen LogP contribution in [0.1, 0.15) is 18.7 Å². The van der Waals surface area contributed by atoms with Gasteiger partial charge in [0.2, 0.25) is 6.79 Å². The number of Topliss-reactive ketones (excluding diaryl/α,β-unsaturated/α-hetero) is 1. The first kappa shape index (κ1) is 22.7. The molecule has 3 aromatic carbocycles. The summed E-state index contributed by atoms with van der Waals surface area (Å²) < 4.78 is 16.7. The summed E-state index contributed by atoms with van der Waals surface area (Å²) in [4.78, 5) is 17.1. The number of anilines is 3. The molecule has 184 valence electrons. The molecule has 6 rings (SSSR count). The molecule has 1 fully saturated rings. The lowest BCUT2D eigenvalue weighted by molar-refractivity contribution is -0.111. The van der Waals surface area contributed by atoms with E-state index in [0.29, 0.717) is 22.4 Å². The first-order valence-electron chi connectivity index (χ1n) is 11.8. The van der Waals surface area contributed by atoms with Gasteiger partial charge in [0, 0.05) is 42.0 Å². The van der Waals surface area contributed by atoms with Crippen molar-refractivity contribution in [2.24, 2.45) is 5.10 Å². The van der Waals surface area contributed by atoms with E-state index in [1.807, 2.05) is 64.5 Å². The number of hydrogen-bond donors (Lipinski definition) is 0. The molecule has 9 heteroatoms. The second kappa shape index (κ2) is 9.37. The molecule has 8 nitrogen and oxygen atoms in total. The van der Waals surface area contributed by atoms with Crippen LogP contribution in [0, 0.1) is 0 Å². The Morgan fingerprint density at radius 2 is 1.56 bits per heavy atom. The Morgan fingerprint density at radius 3 is 2.28 bits per heavy atom. The van der Waals surface area contributed by atoms with Gasteiger partial charge in [-0.25, -0.2) is 5.01 Å². The Balaban J connectivity index is 1.43.